The van der Waals surface area contributed by atoms with Crippen LogP contribution in [0.5, 0.6) is 0 Å². The molecule has 1 N–H and O–H groups in total. The first-order chi connectivity index (χ1) is 9.57. The summed E-state index contributed by atoms with van der Waals surface area (Å²) in [7, 11) is 0. The maximum Gasteiger partial charge on any atom is 0.359 e. The Morgan fingerprint density at radius 3 is 3.00 bits per heavy atom. The lowest BCUT2D eigenvalue weighted by molar-refractivity contribution is -0.183. The van der Waals surface area contributed by atoms with Gasteiger partial charge in [-0.1, -0.05) is 13.8 Å². The molecule has 0 aromatic carbocycles. The van der Waals surface area contributed by atoms with Crippen LogP contribution in [0.2, 0.25) is 0 Å². The number of aromatic nitrogens is 2. The molecule has 1 aromatic heterocycles. The van der Waals surface area contributed by atoms with E-state index >= 15 is 0 Å². The molecule has 5 nitrogen and oxygen atoms in total. The monoisotopic (exact) mass is 276 g/mol. The van der Waals surface area contributed by atoms with Gasteiger partial charge < -0.3 is 9.47 Å². The molecule has 1 saturated heterocycles. The topological polar surface area (TPSA) is 64.2 Å². The van der Waals surface area contributed by atoms with Crippen molar-refractivity contribution in [1.82, 2.24) is 10.2 Å². The molecule has 3 aliphatic rings. The quantitative estimate of drug-likeness (QED) is 0.860. The zero-order chi connectivity index (χ0) is 13.9. The summed E-state index contributed by atoms with van der Waals surface area (Å²) in [4.78, 5) is 12.2. The number of aromatic amines is 1. The molecule has 2 aliphatic carbocycles. The van der Waals surface area contributed by atoms with Crippen LogP contribution in [0.25, 0.3) is 0 Å². The van der Waals surface area contributed by atoms with Crippen molar-refractivity contribution in [3.63, 3.8) is 0 Å². The number of nitrogens with zero attached hydrogens (tertiary/aromatic N) is 1. The predicted octanol–water partition coefficient (Wildman–Crippen LogP) is 2.26. The summed E-state index contributed by atoms with van der Waals surface area (Å²) >= 11 is 0. The van der Waals surface area contributed by atoms with E-state index < -0.39 is 0 Å². The van der Waals surface area contributed by atoms with E-state index in [2.05, 4.69) is 24.0 Å². The van der Waals surface area contributed by atoms with E-state index in [1.807, 2.05) is 6.07 Å². The van der Waals surface area contributed by atoms with Crippen LogP contribution < -0.4 is 0 Å². The fourth-order valence-electron chi connectivity index (χ4n) is 3.74. The molecular formula is C15H20N2O3. The molecule has 4 rings (SSSR count). The first-order valence-electron chi connectivity index (χ1n) is 7.45. The Morgan fingerprint density at radius 1 is 1.45 bits per heavy atom. The molecular weight excluding hydrogens is 256 g/mol. The Hall–Kier alpha value is -1.36. The van der Waals surface area contributed by atoms with E-state index in [0.717, 1.165) is 18.7 Å². The molecule has 0 radical (unpaired) electrons. The second kappa shape index (κ2) is 4.07. The molecule has 5 heteroatoms. The number of ether oxygens (including phenoxy) is 2. The van der Waals surface area contributed by atoms with Crippen LogP contribution in [-0.2, 0) is 9.47 Å². The fourth-order valence-corrected chi connectivity index (χ4v) is 3.74. The van der Waals surface area contributed by atoms with Crippen LogP contribution in [0.3, 0.4) is 0 Å². The lowest BCUT2D eigenvalue weighted by atomic mass is 9.59. The summed E-state index contributed by atoms with van der Waals surface area (Å²) < 4.78 is 11.4. The molecule has 3 unspecified atom stereocenters. The number of hydrogen-bond acceptors (Lipinski definition) is 4. The smallest absolute Gasteiger partial charge is 0.359 e. The predicted molar refractivity (Wildman–Crippen MR) is 71.4 cm³/mol. The van der Waals surface area contributed by atoms with Crippen LogP contribution in [0, 0.1) is 11.3 Å². The summed E-state index contributed by atoms with van der Waals surface area (Å²) in [6, 6.07) is 1.84. The Balaban J connectivity index is 1.46. The van der Waals surface area contributed by atoms with Gasteiger partial charge in [0.25, 0.3) is 0 Å². The SMILES string of the molecule is CC1(C)C2OCCC2C1OC(=O)c1cc(C2CC2)[nH]n1. The van der Waals surface area contributed by atoms with Gasteiger partial charge in [0.15, 0.2) is 5.69 Å². The van der Waals surface area contributed by atoms with Crippen molar-refractivity contribution in [2.45, 2.75) is 51.2 Å². The highest BCUT2D eigenvalue weighted by atomic mass is 16.6. The van der Waals surface area contributed by atoms with Gasteiger partial charge in [0.1, 0.15) is 6.10 Å². The van der Waals surface area contributed by atoms with Gasteiger partial charge in [0, 0.05) is 29.6 Å². The van der Waals surface area contributed by atoms with Crippen LogP contribution in [0.15, 0.2) is 6.07 Å². The number of fused-ring (bicyclic) bond motifs is 1. The lowest BCUT2D eigenvalue weighted by Gasteiger charge is -2.52. The van der Waals surface area contributed by atoms with Gasteiger partial charge in [-0.15, -0.1) is 0 Å². The summed E-state index contributed by atoms with van der Waals surface area (Å²) in [5.41, 5.74) is 1.38. The van der Waals surface area contributed by atoms with E-state index in [1.54, 1.807) is 0 Å². The summed E-state index contributed by atoms with van der Waals surface area (Å²) in [5, 5.41) is 7.04. The minimum Gasteiger partial charge on any atom is -0.457 e. The van der Waals surface area contributed by atoms with Crippen LogP contribution in [0.1, 0.15) is 55.2 Å². The molecule has 2 saturated carbocycles. The number of H-pyrrole nitrogens is 1. The maximum absolute atomic E-state index is 12.2. The van der Waals surface area contributed by atoms with Crippen LogP contribution in [-0.4, -0.2) is 35.0 Å². The van der Waals surface area contributed by atoms with Gasteiger partial charge in [0.2, 0.25) is 0 Å². The molecule has 0 spiro atoms. The van der Waals surface area contributed by atoms with E-state index in [0.29, 0.717) is 17.5 Å². The lowest BCUT2D eigenvalue weighted by Crippen LogP contribution is -2.61. The van der Waals surface area contributed by atoms with Gasteiger partial charge in [-0.3, -0.25) is 5.10 Å². The van der Waals surface area contributed by atoms with E-state index in [1.165, 1.54) is 12.8 Å². The molecule has 108 valence electrons. The highest BCUT2D eigenvalue weighted by Gasteiger charge is 2.61. The number of carbonyl (C=O) groups is 1. The molecule has 0 amide bonds. The molecule has 20 heavy (non-hydrogen) atoms. The van der Waals surface area contributed by atoms with Crippen molar-refractivity contribution in [3.05, 3.63) is 17.5 Å². The third-order valence-corrected chi connectivity index (χ3v) is 5.05. The molecule has 1 aromatic rings. The highest BCUT2D eigenvalue weighted by molar-refractivity contribution is 5.87. The first-order valence-corrected chi connectivity index (χ1v) is 7.45. The summed E-state index contributed by atoms with van der Waals surface area (Å²) in [6.45, 7) is 5.00. The number of carbonyl (C=O) groups excluding carboxylic acids is 1. The third kappa shape index (κ3) is 1.72. The fraction of sp³-hybridized carbons (Fsp3) is 0.733. The molecule has 2 heterocycles. The minimum atomic E-state index is -0.309. The Kier molecular flexibility index (Phi) is 2.52. The molecule has 3 atom stereocenters. The normalized spacial score (nSPS) is 34.4. The van der Waals surface area contributed by atoms with Crippen LogP contribution in [0.4, 0.5) is 0 Å². The second-order valence-corrected chi connectivity index (χ2v) is 6.87. The summed E-state index contributed by atoms with van der Waals surface area (Å²) in [5.74, 6) is 0.615. The van der Waals surface area contributed by atoms with Crippen molar-refractivity contribution in [2.24, 2.45) is 11.3 Å². The maximum atomic E-state index is 12.2. The number of hydrogen-bond donors (Lipinski definition) is 1. The van der Waals surface area contributed by atoms with Crippen molar-refractivity contribution in [1.29, 1.82) is 0 Å². The van der Waals surface area contributed by atoms with Gasteiger partial charge in [0.05, 0.1) is 6.10 Å². The second-order valence-electron chi connectivity index (χ2n) is 6.87. The number of esters is 1. The average molecular weight is 276 g/mol. The average Bonchev–Trinajstić information content (AvgIpc) is 2.99. The number of nitrogens with one attached hydrogen (secondary N) is 1. The van der Waals surface area contributed by atoms with Gasteiger partial charge in [-0.25, -0.2) is 4.79 Å². The van der Waals surface area contributed by atoms with Gasteiger partial charge >= 0.3 is 5.97 Å². The van der Waals surface area contributed by atoms with Crippen molar-refractivity contribution >= 4 is 5.97 Å². The Labute approximate surface area is 118 Å². The van der Waals surface area contributed by atoms with E-state index in [9.17, 15) is 4.79 Å². The molecule has 1 aliphatic heterocycles. The molecule has 3 fully saturated rings. The summed E-state index contributed by atoms with van der Waals surface area (Å²) in [6.07, 6.45) is 3.55. The Morgan fingerprint density at radius 2 is 2.25 bits per heavy atom. The van der Waals surface area contributed by atoms with Crippen molar-refractivity contribution < 1.29 is 14.3 Å². The van der Waals surface area contributed by atoms with E-state index in [-0.39, 0.29) is 23.6 Å². The van der Waals surface area contributed by atoms with Gasteiger partial charge in [-0.2, -0.15) is 5.10 Å². The molecule has 0 bridgehead atoms. The Bertz CT molecular complexity index is 547. The van der Waals surface area contributed by atoms with Crippen LogP contribution >= 0.6 is 0 Å². The van der Waals surface area contributed by atoms with Gasteiger partial charge in [-0.05, 0) is 25.3 Å². The van der Waals surface area contributed by atoms with Crippen molar-refractivity contribution in [3.8, 4) is 0 Å². The minimum absolute atomic E-state index is 0.0522. The largest absolute Gasteiger partial charge is 0.457 e. The number of rotatable bonds is 3. The first kappa shape index (κ1) is 12.4. The highest BCUT2D eigenvalue weighted by Crippen LogP contribution is 2.53. The van der Waals surface area contributed by atoms with Crippen molar-refractivity contribution in [2.75, 3.05) is 6.61 Å². The standard InChI is InChI=1S/C15H20N2O3/c1-15(2)12-9(5-6-19-12)13(15)20-14(18)11-7-10(16-17-11)8-3-4-8/h7-9,12-13H,3-6H2,1-2H3,(H,16,17). The zero-order valence-corrected chi connectivity index (χ0v) is 11.9. The van der Waals surface area contributed by atoms with E-state index in [4.69, 9.17) is 9.47 Å². The third-order valence-electron chi connectivity index (χ3n) is 5.05. The zero-order valence-electron chi connectivity index (χ0n) is 11.9.